The zero-order chi connectivity index (χ0) is 15.7. The molecule has 0 aliphatic carbocycles. The van der Waals surface area contributed by atoms with Gasteiger partial charge in [0.25, 0.3) is 0 Å². The summed E-state index contributed by atoms with van der Waals surface area (Å²) in [7, 11) is -2.29. The normalized spacial score (nSPS) is 17.4. The minimum absolute atomic E-state index is 0.0654. The molecule has 1 unspecified atom stereocenters. The van der Waals surface area contributed by atoms with Crippen LogP contribution in [-0.2, 0) is 4.12 Å². The average Bonchev–Trinajstić information content (AvgIpc) is 2.25. The quantitative estimate of drug-likeness (QED) is 0.507. The van der Waals surface area contributed by atoms with Crippen LogP contribution < -0.4 is 0 Å². The van der Waals surface area contributed by atoms with Gasteiger partial charge in [-0.1, -0.05) is 0 Å². The van der Waals surface area contributed by atoms with Gasteiger partial charge in [0.05, 0.1) is 0 Å². The molecular weight excluding hydrogens is 327 g/mol. The summed E-state index contributed by atoms with van der Waals surface area (Å²) in [6.45, 7) is -0.113. The molecule has 12 heteroatoms. The van der Waals surface area contributed by atoms with Gasteiger partial charge in [-0.25, -0.2) is 4.39 Å². The fourth-order valence-corrected chi connectivity index (χ4v) is 2.46. The number of alkyl halides is 9. The first-order valence-corrected chi connectivity index (χ1v) is 7.29. The highest BCUT2D eigenvalue weighted by Gasteiger charge is 2.81. The van der Waals surface area contributed by atoms with Gasteiger partial charge >= 0.3 is 23.7 Å². The predicted molar refractivity (Wildman–Crippen MR) is 54.7 cm³/mol. The van der Waals surface area contributed by atoms with Gasteiger partial charge in [-0.2, -0.15) is 35.1 Å². The van der Waals surface area contributed by atoms with Crippen molar-refractivity contribution in [2.75, 3.05) is 0 Å². The highest BCUT2D eigenvalue weighted by molar-refractivity contribution is 6.34. The van der Waals surface area contributed by atoms with Gasteiger partial charge in [0.15, 0.2) is 15.9 Å². The smallest absolute Gasteiger partial charge is 0.381 e. The molecule has 0 spiro atoms. The molecular formula is C7H11F9OSi2. The molecule has 0 radical (unpaired) electrons. The van der Waals surface area contributed by atoms with Gasteiger partial charge in [-0.05, 0) is 6.92 Å². The van der Waals surface area contributed by atoms with E-state index in [1.807, 2.05) is 0 Å². The summed E-state index contributed by atoms with van der Waals surface area (Å²) in [6.07, 6.45) is -3.71. The molecule has 0 saturated heterocycles. The van der Waals surface area contributed by atoms with Gasteiger partial charge in [0.2, 0.25) is 0 Å². The molecule has 0 fully saturated rings. The maximum Gasteiger partial charge on any atom is 0.381 e. The Morgan fingerprint density at radius 3 is 1.74 bits per heavy atom. The summed E-state index contributed by atoms with van der Waals surface area (Å²) < 4.78 is 120. The van der Waals surface area contributed by atoms with Gasteiger partial charge in [0, 0.05) is 6.04 Å². The lowest BCUT2D eigenvalue weighted by atomic mass is 9.97. The van der Waals surface area contributed by atoms with E-state index in [1.165, 1.54) is 0 Å². The molecule has 0 aliphatic heterocycles. The van der Waals surface area contributed by atoms with E-state index >= 15 is 0 Å². The molecule has 0 aromatic carbocycles. The van der Waals surface area contributed by atoms with E-state index in [9.17, 15) is 39.5 Å². The van der Waals surface area contributed by atoms with Crippen molar-refractivity contribution in [2.24, 2.45) is 0 Å². The highest BCUT2D eigenvalue weighted by Crippen LogP contribution is 2.54. The van der Waals surface area contributed by atoms with Crippen LogP contribution in [0.4, 0.5) is 39.5 Å². The van der Waals surface area contributed by atoms with Gasteiger partial charge in [-0.3, -0.25) is 0 Å². The minimum Gasteiger partial charge on any atom is -0.468 e. The summed E-state index contributed by atoms with van der Waals surface area (Å²) in [4.78, 5) is 0. The second-order valence-electron chi connectivity index (χ2n) is 3.84. The van der Waals surface area contributed by atoms with Gasteiger partial charge in [0.1, 0.15) is 10.5 Å². The molecule has 0 N–H and O–H groups in total. The zero-order valence-corrected chi connectivity index (χ0v) is 13.2. The van der Waals surface area contributed by atoms with E-state index in [0.717, 1.165) is 0 Å². The van der Waals surface area contributed by atoms with Crippen LogP contribution in [0.25, 0.3) is 0 Å². The van der Waals surface area contributed by atoms with E-state index in [4.69, 9.17) is 0 Å². The fourth-order valence-electron chi connectivity index (χ4n) is 1.08. The summed E-state index contributed by atoms with van der Waals surface area (Å²) in [5, 5.41) is 0. The monoisotopic (exact) mass is 338 g/mol. The van der Waals surface area contributed by atoms with Gasteiger partial charge < -0.3 is 4.12 Å². The maximum atomic E-state index is 13.0. The van der Waals surface area contributed by atoms with Crippen LogP contribution in [0.5, 0.6) is 0 Å². The molecule has 116 valence electrons. The van der Waals surface area contributed by atoms with E-state index < -0.39 is 45.7 Å². The van der Waals surface area contributed by atoms with Crippen molar-refractivity contribution in [3.63, 3.8) is 0 Å². The van der Waals surface area contributed by atoms with E-state index in [1.54, 1.807) is 0 Å². The molecule has 1 nitrogen and oxygen atoms in total. The molecule has 19 heavy (non-hydrogen) atoms. The van der Waals surface area contributed by atoms with E-state index in [0.29, 0.717) is 0 Å². The van der Waals surface area contributed by atoms with Crippen LogP contribution >= 0.6 is 0 Å². The lowest BCUT2D eigenvalue weighted by Gasteiger charge is -2.37. The molecule has 0 amide bonds. The Hall–Kier alpha value is -0.236. The first kappa shape index (κ1) is 18.8. The lowest BCUT2D eigenvalue weighted by molar-refractivity contribution is -0.370. The van der Waals surface area contributed by atoms with Crippen molar-refractivity contribution in [1.82, 2.24) is 0 Å². The molecule has 0 rings (SSSR count). The van der Waals surface area contributed by atoms with E-state index in [2.05, 4.69) is 4.12 Å². The molecule has 1 atom stereocenters. The largest absolute Gasteiger partial charge is 0.468 e. The summed E-state index contributed by atoms with van der Waals surface area (Å²) in [5.74, 6) is -24.2. The summed E-state index contributed by atoms with van der Waals surface area (Å²) in [5.41, 5.74) is 0. The van der Waals surface area contributed by atoms with Crippen LogP contribution in [-0.4, -0.2) is 50.1 Å². The Kier molecular flexibility index (Phi) is 5.57. The second kappa shape index (κ2) is 5.64. The molecule has 0 heterocycles. The molecule has 0 aliphatic rings. The topological polar surface area (TPSA) is 9.23 Å². The van der Waals surface area contributed by atoms with Crippen LogP contribution in [0.3, 0.4) is 0 Å². The minimum atomic E-state index is -6.52. The standard InChI is InChI=1S/C7H11F9OSi2/c1-3(8)5(11,12)7(15,16)6(13,14)4(9,10)2-19-17-18/h3H,2,19H2,1,18H3. The third-order valence-corrected chi connectivity index (χ3v) is 4.86. The lowest BCUT2D eigenvalue weighted by Crippen LogP contribution is -2.64. The molecule has 0 saturated carbocycles. The Balaban J connectivity index is 5.49. The maximum absolute atomic E-state index is 13.0. The number of rotatable bonds is 7. The van der Waals surface area contributed by atoms with Crippen LogP contribution in [0.1, 0.15) is 6.92 Å². The number of hydrogen-bond donors (Lipinski definition) is 0. The Morgan fingerprint density at radius 1 is 1.00 bits per heavy atom. The van der Waals surface area contributed by atoms with Crippen LogP contribution in [0.2, 0.25) is 6.04 Å². The average molecular weight is 338 g/mol. The Morgan fingerprint density at radius 2 is 1.42 bits per heavy atom. The van der Waals surface area contributed by atoms with Crippen LogP contribution in [0.15, 0.2) is 0 Å². The summed E-state index contributed by atoms with van der Waals surface area (Å²) in [6, 6.07) is -1.74. The number of hydrogen-bond acceptors (Lipinski definition) is 1. The zero-order valence-electron chi connectivity index (χ0n) is 9.80. The van der Waals surface area contributed by atoms with Crippen molar-refractivity contribution >= 4 is 20.2 Å². The fraction of sp³-hybridized carbons (Fsp3) is 1.00. The van der Waals surface area contributed by atoms with Crippen molar-refractivity contribution < 1.29 is 43.6 Å². The third kappa shape index (κ3) is 3.10. The predicted octanol–water partition coefficient (Wildman–Crippen LogP) is 1.68. The first-order chi connectivity index (χ1) is 8.25. The third-order valence-electron chi connectivity index (χ3n) is 2.39. The van der Waals surface area contributed by atoms with Crippen molar-refractivity contribution in [1.29, 1.82) is 0 Å². The van der Waals surface area contributed by atoms with Gasteiger partial charge in [-0.15, -0.1) is 0 Å². The molecule has 0 bridgehead atoms. The molecule has 0 aromatic heterocycles. The highest BCUT2D eigenvalue weighted by atomic mass is 28.3. The van der Waals surface area contributed by atoms with Crippen molar-refractivity contribution in [3.8, 4) is 0 Å². The Labute approximate surface area is 108 Å². The van der Waals surface area contributed by atoms with Crippen molar-refractivity contribution in [3.05, 3.63) is 0 Å². The second-order valence-corrected chi connectivity index (χ2v) is 7.05. The van der Waals surface area contributed by atoms with E-state index in [-0.39, 0.29) is 17.4 Å². The van der Waals surface area contributed by atoms with Crippen LogP contribution in [0, 0.1) is 0 Å². The number of halogens is 9. The SMILES string of the molecule is CC(F)C(F)(F)C(F)(F)C(F)(F)C(F)(F)C[SiH2]O[SiH3]. The first-order valence-electron chi connectivity index (χ1n) is 4.90. The molecule has 0 aromatic rings. The Bertz CT molecular complexity index is 307. The van der Waals surface area contributed by atoms with Crippen molar-refractivity contribution in [2.45, 2.75) is 42.8 Å². The summed E-state index contributed by atoms with van der Waals surface area (Å²) >= 11 is 0.